The fraction of sp³-hybridized carbons (Fsp3) is 0.167. The Morgan fingerprint density at radius 3 is 2.56 bits per heavy atom. The van der Waals surface area contributed by atoms with Crippen molar-refractivity contribution in [3.63, 3.8) is 0 Å². The van der Waals surface area contributed by atoms with Gasteiger partial charge in [0.05, 0.1) is 12.8 Å². The average molecular weight is 352 g/mol. The molecule has 0 spiro atoms. The van der Waals surface area contributed by atoms with E-state index in [1.54, 1.807) is 23.5 Å². The summed E-state index contributed by atoms with van der Waals surface area (Å²) in [5.41, 5.74) is 2.03. The van der Waals surface area contributed by atoms with Crippen molar-refractivity contribution in [2.45, 2.75) is 11.8 Å². The van der Waals surface area contributed by atoms with Crippen LogP contribution in [-0.2, 0) is 6.61 Å². The number of para-hydroxylation sites is 1. The molecule has 7 heteroatoms. The minimum absolute atomic E-state index is 0.316. The Labute approximate surface area is 149 Å². The topological polar surface area (TPSA) is 61.5 Å². The van der Waals surface area contributed by atoms with Crippen LogP contribution >= 0.6 is 11.8 Å². The molecule has 25 heavy (non-hydrogen) atoms. The smallest absolute Gasteiger partial charge is 0.212 e. The summed E-state index contributed by atoms with van der Waals surface area (Å²) >= 11 is 1.62. The van der Waals surface area contributed by atoms with Gasteiger partial charge in [0.15, 0.2) is 5.82 Å². The summed E-state index contributed by atoms with van der Waals surface area (Å²) in [6, 6.07) is 17.5. The molecule has 0 saturated carbocycles. The van der Waals surface area contributed by atoms with Crippen LogP contribution in [0.4, 0.5) is 0 Å². The average Bonchev–Trinajstić information content (AvgIpc) is 3.09. The summed E-state index contributed by atoms with van der Waals surface area (Å²) < 4.78 is 12.7. The summed E-state index contributed by atoms with van der Waals surface area (Å²) in [6.07, 6.45) is 0. The molecule has 1 aromatic heterocycles. The first-order valence-electron chi connectivity index (χ1n) is 7.81. The molecule has 3 aromatic rings. The van der Waals surface area contributed by atoms with Gasteiger partial charge in [-0.05, 0) is 42.0 Å². The molecule has 1 aliphatic heterocycles. The van der Waals surface area contributed by atoms with Crippen LogP contribution in [0.2, 0.25) is 0 Å². The van der Waals surface area contributed by atoms with Crippen LogP contribution in [0, 0.1) is 0 Å². The van der Waals surface area contributed by atoms with Crippen molar-refractivity contribution in [2.75, 3.05) is 12.9 Å². The lowest BCUT2D eigenvalue weighted by atomic mass is 10.1. The highest BCUT2D eigenvalue weighted by molar-refractivity contribution is 7.99. The van der Waals surface area contributed by atoms with Crippen molar-refractivity contribution in [3.8, 4) is 11.5 Å². The van der Waals surface area contributed by atoms with Gasteiger partial charge >= 0.3 is 0 Å². The monoisotopic (exact) mass is 352 g/mol. The van der Waals surface area contributed by atoms with Crippen molar-refractivity contribution >= 4 is 17.5 Å². The molecule has 0 N–H and O–H groups in total. The lowest BCUT2D eigenvalue weighted by Gasteiger charge is -2.14. The summed E-state index contributed by atoms with van der Waals surface area (Å²) in [5.74, 6) is 3.05. The van der Waals surface area contributed by atoms with Crippen LogP contribution < -0.4 is 9.47 Å². The zero-order valence-electron chi connectivity index (χ0n) is 13.6. The molecular weight excluding hydrogens is 336 g/mol. The quantitative estimate of drug-likeness (QED) is 0.705. The Bertz CT molecular complexity index is 891. The molecule has 0 radical (unpaired) electrons. The second-order valence-electron chi connectivity index (χ2n) is 5.38. The van der Waals surface area contributed by atoms with E-state index in [1.807, 2.05) is 54.6 Å². The number of hydrogen-bond acceptors (Lipinski definition) is 6. The summed E-state index contributed by atoms with van der Waals surface area (Å²) in [7, 11) is 1.66. The van der Waals surface area contributed by atoms with Crippen molar-refractivity contribution < 1.29 is 9.47 Å². The molecule has 0 saturated heterocycles. The van der Waals surface area contributed by atoms with E-state index in [2.05, 4.69) is 10.2 Å². The van der Waals surface area contributed by atoms with E-state index >= 15 is 0 Å². The van der Waals surface area contributed by atoms with Crippen molar-refractivity contribution in [3.05, 3.63) is 66.0 Å². The van der Waals surface area contributed by atoms with E-state index in [1.165, 1.54) is 0 Å². The molecule has 2 heterocycles. The van der Waals surface area contributed by atoms with Crippen LogP contribution in [0.25, 0.3) is 0 Å². The van der Waals surface area contributed by atoms with Gasteiger partial charge in [-0.1, -0.05) is 30.0 Å². The van der Waals surface area contributed by atoms with Crippen LogP contribution in [0.5, 0.6) is 11.5 Å². The Balaban J connectivity index is 1.56. The number of rotatable bonds is 5. The molecule has 126 valence electrons. The maximum atomic E-state index is 5.77. The van der Waals surface area contributed by atoms with E-state index < -0.39 is 0 Å². The van der Waals surface area contributed by atoms with Crippen LogP contribution in [-0.4, -0.2) is 33.4 Å². The van der Waals surface area contributed by atoms with Gasteiger partial charge in [-0.15, -0.1) is 10.2 Å². The predicted octanol–water partition coefficient (Wildman–Crippen LogP) is 3.22. The summed E-state index contributed by atoms with van der Waals surface area (Å²) in [6.45, 7) is 0.316. The predicted molar refractivity (Wildman–Crippen MR) is 96.4 cm³/mol. The number of nitrogens with zero attached hydrogens (tertiary/aromatic N) is 4. The van der Waals surface area contributed by atoms with E-state index in [-0.39, 0.29) is 0 Å². The number of methoxy groups -OCH3 is 1. The van der Waals surface area contributed by atoms with Gasteiger partial charge in [-0.25, -0.2) is 0 Å². The first kappa shape index (κ1) is 15.7. The van der Waals surface area contributed by atoms with Gasteiger partial charge in [0.2, 0.25) is 5.16 Å². The first-order valence-corrected chi connectivity index (χ1v) is 8.79. The van der Waals surface area contributed by atoms with Gasteiger partial charge < -0.3 is 9.47 Å². The molecule has 1 aliphatic rings. The maximum Gasteiger partial charge on any atom is 0.212 e. The van der Waals surface area contributed by atoms with E-state index in [9.17, 15) is 0 Å². The number of benzene rings is 2. The zero-order valence-corrected chi connectivity index (χ0v) is 14.4. The minimum Gasteiger partial charge on any atom is -0.497 e. The third-order valence-corrected chi connectivity index (χ3v) is 4.70. The highest BCUT2D eigenvalue weighted by atomic mass is 32.2. The number of thioether (sulfide) groups is 1. The van der Waals surface area contributed by atoms with E-state index in [0.29, 0.717) is 12.4 Å². The molecule has 0 unspecified atom stereocenters. The Hall–Kier alpha value is -2.80. The molecule has 6 nitrogen and oxygen atoms in total. The van der Waals surface area contributed by atoms with E-state index in [4.69, 9.17) is 14.6 Å². The Morgan fingerprint density at radius 2 is 1.80 bits per heavy atom. The van der Waals surface area contributed by atoms with Gasteiger partial charge in [-0.2, -0.15) is 9.78 Å². The van der Waals surface area contributed by atoms with E-state index in [0.717, 1.165) is 33.7 Å². The van der Waals surface area contributed by atoms with Gasteiger partial charge in [0.1, 0.15) is 18.1 Å². The molecule has 0 fully saturated rings. The Morgan fingerprint density at radius 1 is 1.00 bits per heavy atom. The Kier molecular flexibility index (Phi) is 4.39. The maximum absolute atomic E-state index is 5.77. The molecule has 0 amide bonds. The van der Waals surface area contributed by atoms with Gasteiger partial charge in [0, 0.05) is 5.75 Å². The van der Waals surface area contributed by atoms with Crippen molar-refractivity contribution in [1.82, 2.24) is 14.9 Å². The zero-order chi connectivity index (χ0) is 17.1. The fourth-order valence-corrected chi connectivity index (χ4v) is 3.30. The summed E-state index contributed by atoms with van der Waals surface area (Å²) in [5, 5.41) is 13.9. The van der Waals surface area contributed by atoms with Crippen LogP contribution in [0.15, 0.2) is 64.9 Å². The number of fused-ring (bicyclic) bond motifs is 1. The second-order valence-corrected chi connectivity index (χ2v) is 6.32. The van der Waals surface area contributed by atoms with Crippen molar-refractivity contribution in [2.24, 2.45) is 5.10 Å². The molecule has 4 rings (SSSR count). The number of hydrogen-bond donors (Lipinski definition) is 0. The molecule has 0 atom stereocenters. The van der Waals surface area contributed by atoms with Crippen LogP contribution in [0.1, 0.15) is 11.4 Å². The van der Waals surface area contributed by atoms with Crippen LogP contribution in [0.3, 0.4) is 0 Å². The lowest BCUT2D eigenvalue weighted by molar-refractivity contribution is 0.290. The fourth-order valence-electron chi connectivity index (χ4n) is 2.45. The van der Waals surface area contributed by atoms with Gasteiger partial charge in [0.25, 0.3) is 0 Å². The molecule has 0 aliphatic carbocycles. The normalized spacial score (nSPS) is 13.1. The first-order chi connectivity index (χ1) is 12.3. The molecule has 0 bridgehead atoms. The highest BCUT2D eigenvalue weighted by Crippen LogP contribution is 2.25. The second kappa shape index (κ2) is 6.98. The lowest BCUT2D eigenvalue weighted by Crippen LogP contribution is -2.15. The third kappa shape index (κ3) is 3.36. The summed E-state index contributed by atoms with van der Waals surface area (Å²) in [4.78, 5) is 0. The van der Waals surface area contributed by atoms with Gasteiger partial charge in [-0.3, -0.25) is 0 Å². The van der Waals surface area contributed by atoms with Crippen molar-refractivity contribution in [1.29, 1.82) is 0 Å². The third-order valence-electron chi connectivity index (χ3n) is 3.77. The minimum atomic E-state index is 0.316. The number of aromatic nitrogens is 3. The molecule has 2 aromatic carbocycles. The molecular formula is C18H16N4O2S. The number of ether oxygens (including phenoxy) is 2. The standard InChI is InChI=1S/C18H16N4O2S/c1-23-14-9-7-13(8-10-14)16-12-25-18-20-19-17(22(18)21-16)11-24-15-5-3-2-4-6-15/h2-10H,11-12H2,1H3. The highest BCUT2D eigenvalue weighted by Gasteiger charge is 2.20. The SMILES string of the molecule is COc1ccc(C2=Nn3c(COc4ccccc4)nnc3SC2)cc1. The largest absolute Gasteiger partial charge is 0.497 e.